The highest BCUT2D eigenvalue weighted by Crippen LogP contribution is 2.31. The van der Waals surface area contributed by atoms with Gasteiger partial charge in [-0.25, -0.2) is 0 Å². The van der Waals surface area contributed by atoms with Gasteiger partial charge in [0.15, 0.2) is 0 Å². The third-order valence-electron chi connectivity index (χ3n) is 4.07. The molecule has 18 heavy (non-hydrogen) atoms. The van der Waals surface area contributed by atoms with Crippen LogP contribution < -0.4 is 0 Å². The molecule has 0 spiro atoms. The van der Waals surface area contributed by atoms with Gasteiger partial charge < -0.3 is 9.80 Å². The van der Waals surface area contributed by atoms with Gasteiger partial charge in [0.25, 0.3) is 0 Å². The van der Waals surface area contributed by atoms with Crippen LogP contribution in [0.3, 0.4) is 0 Å². The molecule has 0 N–H and O–H groups in total. The van der Waals surface area contributed by atoms with Gasteiger partial charge in [0.05, 0.1) is 0 Å². The minimum absolute atomic E-state index is 0.0881. The number of hydrogen-bond donors (Lipinski definition) is 0. The SMILES string of the molecule is CC(C)N(CC1CC1)C(=O)[C@H]1CCN(C)C(=O)C1. The highest BCUT2D eigenvalue weighted by atomic mass is 16.2. The molecule has 0 aromatic rings. The molecule has 0 bridgehead atoms. The normalized spacial score (nSPS) is 24.6. The third kappa shape index (κ3) is 3.03. The number of nitrogens with zero attached hydrogens (tertiary/aromatic N) is 2. The first-order chi connectivity index (χ1) is 8.49. The van der Waals surface area contributed by atoms with Gasteiger partial charge >= 0.3 is 0 Å². The van der Waals surface area contributed by atoms with Crippen molar-refractivity contribution in [2.24, 2.45) is 11.8 Å². The lowest BCUT2D eigenvalue weighted by molar-refractivity contribution is -0.145. The van der Waals surface area contributed by atoms with Crippen molar-refractivity contribution >= 4 is 11.8 Å². The minimum Gasteiger partial charge on any atom is -0.346 e. The Labute approximate surface area is 109 Å². The van der Waals surface area contributed by atoms with Gasteiger partial charge in [-0.2, -0.15) is 0 Å². The van der Waals surface area contributed by atoms with Crippen LogP contribution in [0.25, 0.3) is 0 Å². The molecule has 1 atom stereocenters. The summed E-state index contributed by atoms with van der Waals surface area (Å²) in [4.78, 5) is 27.9. The highest BCUT2D eigenvalue weighted by molar-refractivity contribution is 5.87. The van der Waals surface area contributed by atoms with E-state index in [0.29, 0.717) is 18.9 Å². The number of piperidine rings is 1. The molecule has 102 valence electrons. The van der Waals surface area contributed by atoms with E-state index >= 15 is 0 Å². The Morgan fingerprint density at radius 3 is 2.56 bits per heavy atom. The molecule has 0 unspecified atom stereocenters. The molecule has 2 rings (SSSR count). The van der Waals surface area contributed by atoms with Gasteiger partial charge in [0.2, 0.25) is 11.8 Å². The van der Waals surface area contributed by atoms with Crippen LogP contribution in [-0.4, -0.2) is 47.8 Å². The van der Waals surface area contributed by atoms with E-state index in [4.69, 9.17) is 0 Å². The van der Waals surface area contributed by atoms with Crippen molar-refractivity contribution < 1.29 is 9.59 Å². The molecule has 0 aromatic heterocycles. The van der Waals surface area contributed by atoms with Crippen LogP contribution in [-0.2, 0) is 9.59 Å². The van der Waals surface area contributed by atoms with Gasteiger partial charge in [-0.3, -0.25) is 9.59 Å². The summed E-state index contributed by atoms with van der Waals surface area (Å²) < 4.78 is 0. The number of hydrogen-bond acceptors (Lipinski definition) is 2. The average Bonchev–Trinajstić information content (AvgIpc) is 3.12. The zero-order valence-corrected chi connectivity index (χ0v) is 11.7. The number of likely N-dealkylation sites (tertiary alicyclic amines) is 1. The second-order valence-corrected chi connectivity index (χ2v) is 6.03. The van der Waals surface area contributed by atoms with E-state index in [-0.39, 0.29) is 23.8 Å². The monoisotopic (exact) mass is 252 g/mol. The molecule has 1 heterocycles. The molecule has 4 heteroatoms. The Kier molecular flexibility index (Phi) is 3.93. The molecule has 2 amide bonds. The van der Waals surface area contributed by atoms with Crippen molar-refractivity contribution in [3.8, 4) is 0 Å². The molecular weight excluding hydrogens is 228 g/mol. The molecule has 0 aromatic carbocycles. The maximum atomic E-state index is 12.5. The molecule has 2 fully saturated rings. The Morgan fingerprint density at radius 2 is 2.06 bits per heavy atom. The second-order valence-electron chi connectivity index (χ2n) is 6.03. The largest absolute Gasteiger partial charge is 0.346 e. The fourth-order valence-electron chi connectivity index (χ4n) is 2.52. The van der Waals surface area contributed by atoms with Crippen molar-refractivity contribution in [2.75, 3.05) is 20.1 Å². The van der Waals surface area contributed by atoms with E-state index < -0.39 is 0 Å². The van der Waals surface area contributed by atoms with Crippen molar-refractivity contribution in [1.82, 2.24) is 9.80 Å². The Morgan fingerprint density at radius 1 is 1.39 bits per heavy atom. The van der Waals surface area contributed by atoms with E-state index in [2.05, 4.69) is 13.8 Å². The van der Waals surface area contributed by atoms with Gasteiger partial charge in [-0.15, -0.1) is 0 Å². The van der Waals surface area contributed by atoms with Gasteiger partial charge in [0.1, 0.15) is 0 Å². The summed E-state index contributed by atoms with van der Waals surface area (Å²) in [6.45, 7) is 5.73. The predicted octanol–water partition coefficient (Wildman–Crippen LogP) is 1.50. The average molecular weight is 252 g/mol. The van der Waals surface area contributed by atoms with Crippen LogP contribution in [0.15, 0.2) is 0 Å². The van der Waals surface area contributed by atoms with Crippen LogP contribution in [0.5, 0.6) is 0 Å². The van der Waals surface area contributed by atoms with Crippen LogP contribution >= 0.6 is 0 Å². The van der Waals surface area contributed by atoms with Crippen LogP contribution in [0.4, 0.5) is 0 Å². The maximum absolute atomic E-state index is 12.5. The molecule has 1 aliphatic heterocycles. The Balaban J connectivity index is 1.96. The van der Waals surface area contributed by atoms with Crippen molar-refractivity contribution in [2.45, 2.75) is 45.6 Å². The van der Waals surface area contributed by atoms with E-state index in [0.717, 1.165) is 13.0 Å². The van der Waals surface area contributed by atoms with Crippen molar-refractivity contribution in [3.63, 3.8) is 0 Å². The molecule has 1 saturated heterocycles. The van der Waals surface area contributed by atoms with Crippen molar-refractivity contribution in [3.05, 3.63) is 0 Å². The lowest BCUT2D eigenvalue weighted by Crippen LogP contribution is -2.46. The second kappa shape index (κ2) is 5.29. The zero-order chi connectivity index (χ0) is 13.3. The lowest BCUT2D eigenvalue weighted by atomic mass is 9.94. The first-order valence-corrected chi connectivity index (χ1v) is 7.03. The molecule has 2 aliphatic rings. The summed E-state index contributed by atoms with van der Waals surface area (Å²) >= 11 is 0. The molecule has 4 nitrogen and oxygen atoms in total. The van der Waals surface area contributed by atoms with E-state index in [1.165, 1.54) is 12.8 Å². The van der Waals surface area contributed by atoms with Gasteiger partial charge in [-0.05, 0) is 39.0 Å². The molecule has 0 radical (unpaired) electrons. The quantitative estimate of drug-likeness (QED) is 0.761. The smallest absolute Gasteiger partial charge is 0.226 e. The number of carbonyl (C=O) groups excluding carboxylic acids is 2. The highest BCUT2D eigenvalue weighted by Gasteiger charge is 2.35. The Hall–Kier alpha value is -1.06. The van der Waals surface area contributed by atoms with E-state index in [1.54, 1.807) is 4.90 Å². The minimum atomic E-state index is -0.0881. The summed E-state index contributed by atoms with van der Waals surface area (Å²) in [6, 6.07) is 0.243. The summed E-state index contributed by atoms with van der Waals surface area (Å²) in [5.74, 6) is 0.918. The number of carbonyl (C=O) groups is 2. The van der Waals surface area contributed by atoms with Crippen LogP contribution in [0.1, 0.15) is 39.5 Å². The van der Waals surface area contributed by atoms with Gasteiger partial charge in [-0.1, -0.05) is 0 Å². The van der Waals surface area contributed by atoms with Crippen molar-refractivity contribution in [1.29, 1.82) is 0 Å². The number of amides is 2. The van der Waals surface area contributed by atoms with E-state index in [9.17, 15) is 9.59 Å². The Bertz CT molecular complexity index is 337. The molecule has 1 aliphatic carbocycles. The van der Waals surface area contributed by atoms with Gasteiger partial charge in [0, 0.05) is 38.5 Å². The molecular formula is C14H24N2O2. The first-order valence-electron chi connectivity index (χ1n) is 7.03. The molecule has 1 saturated carbocycles. The maximum Gasteiger partial charge on any atom is 0.226 e. The lowest BCUT2D eigenvalue weighted by Gasteiger charge is -2.34. The first kappa shape index (κ1) is 13.4. The van der Waals surface area contributed by atoms with Crippen LogP contribution in [0.2, 0.25) is 0 Å². The summed E-state index contributed by atoms with van der Waals surface area (Å²) in [5, 5.41) is 0. The summed E-state index contributed by atoms with van der Waals surface area (Å²) in [6.07, 6.45) is 3.71. The summed E-state index contributed by atoms with van der Waals surface area (Å²) in [7, 11) is 1.81. The predicted molar refractivity (Wildman–Crippen MR) is 69.9 cm³/mol. The fourth-order valence-corrected chi connectivity index (χ4v) is 2.52. The zero-order valence-electron chi connectivity index (χ0n) is 11.7. The fraction of sp³-hybridized carbons (Fsp3) is 0.857. The number of rotatable bonds is 4. The van der Waals surface area contributed by atoms with E-state index in [1.807, 2.05) is 11.9 Å². The standard InChI is InChI=1S/C14H24N2O2/c1-10(2)16(9-11-4-5-11)14(18)12-6-7-15(3)13(17)8-12/h10-12H,4-9H2,1-3H3/t12-/m0/s1. The third-order valence-corrected chi connectivity index (χ3v) is 4.07. The summed E-state index contributed by atoms with van der Waals surface area (Å²) in [5.41, 5.74) is 0. The van der Waals surface area contributed by atoms with Crippen LogP contribution in [0, 0.1) is 11.8 Å². The topological polar surface area (TPSA) is 40.6 Å².